The summed E-state index contributed by atoms with van der Waals surface area (Å²) in [4.78, 5) is 26.3. The highest BCUT2D eigenvalue weighted by atomic mass is 19.1. The maximum Gasteiger partial charge on any atom is 0.226 e. The van der Waals surface area contributed by atoms with Gasteiger partial charge in [0.1, 0.15) is 11.6 Å². The number of carbonyl (C=O) groups is 2. The van der Waals surface area contributed by atoms with Crippen LogP contribution in [0.2, 0.25) is 0 Å². The van der Waals surface area contributed by atoms with Crippen molar-refractivity contribution in [1.82, 2.24) is 10.2 Å². The first-order chi connectivity index (χ1) is 12.1. The van der Waals surface area contributed by atoms with Crippen molar-refractivity contribution in [2.45, 2.75) is 25.8 Å². The Hall–Kier alpha value is -2.63. The van der Waals surface area contributed by atoms with Crippen LogP contribution in [0.25, 0.3) is 0 Å². The lowest BCUT2D eigenvalue weighted by Gasteiger charge is -2.31. The number of hydrogen-bond acceptors (Lipinski definition) is 3. The van der Waals surface area contributed by atoms with Crippen LogP contribution in [0, 0.1) is 11.7 Å². The van der Waals surface area contributed by atoms with Crippen LogP contribution < -0.4 is 5.32 Å². The molecule has 0 spiro atoms. The van der Waals surface area contributed by atoms with Crippen LogP contribution >= 0.6 is 0 Å². The van der Waals surface area contributed by atoms with Crippen LogP contribution in [0.1, 0.15) is 24.2 Å². The van der Waals surface area contributed by atoms with Gasteiger partial charge in [-0.25, -0.2) is 4.39 Å². The average molecular weight is 344 g/mol. The monoisotopic (exact) mass is 344 g/mol. The van der Waals surface area contributed by atoms with Gasteiger partial charge in [-0.2, -0.15) is 0 Å². The van der Waals surface area contributed by atoms with Gasteiger partial charge in [0.25, 0.3) is 0 Å². The molecule has 1 aromatic carbocycles. The molecule has 1 fully saturated rings. The molecule has 0 saturated carbocycles. The number of carbonyl (C=O) groups excluding carboxylic acids is 2. The van der Waals surface area contributed by atoms with Gasteiger partial charge in [0.15, 0.2) is 0 Å². The van der Waals surface area contributed by atoms with E-state index in [9.17, 15) is 14.0 Å². The summed E-state index contributed by atoms with van der Waals surface area (Å²) in [6, 6.07) is 9.69. The largest absolute Gasteiger partial charge is 0.467 e. The van der Waals surface area contributed by atoms with Crippen LogP contribution in [0.4, 0.5) is 4.39 Å². The molecule has 0 radical (unpaired) electrons. The Kier molecular flexibility index (Phi) is 5.48. The molecule has 2 aromatic rings. The lowest BCUT2D eigenvalue weighted by molar-refractivity contribution is -0.135. The first-order valence-electron chi connectivity index (χ1n) is 8.44. The predicted octanol–water partition coefficient (Wildman–Crippen LogP) is 2.52. The lowest BCUT2D eigenvalue weighted by atomic mass is 9.95. The minimum absolute atomic E-state index is 0.00590. The maximum atomic E-state index is 13.2. The van der Waals surface area contributed by atoms with Gasteiger partial charge in [-0.3, -0.25) is 9.59 Å². The molecule has 1 N–H and O–H groups in total. The molecule has 1 aliphatic rings. The van der Waals surface area contributed by atoms with Crippen molar-refractivity contribution in [2.24, 2.45) is 5.92 Å². The van der Waals surface area contributed by atoms with Gasteiger partial charge in [0.05, 0.1) is 19.2 Å². The fourth-order valence-corrected chi connectivity index (χ4v) is 3.06. The number of rotatable bonds is 5. The zero-order chi connectivity index (χ0) is 17.6. The second kappa shape index (κ2) is 7.96. The number of halogens is 1. The summed E-state index contributed by atoms with van der Waals surface area (Å²) in [6.45, 7) is 1.48. The van der Waals surface area contributed by atoms with E-state index in [-0.39, 0.29) is 30.0 Å². The molecule has 3 rings (SSSR count). The molecule has 2 amide bonds. The minimum Gasteiger partial charge on any atom is -0.467 e. The summed E-state index contributed by atoms with van der Waals surface area (Å²) in [5.41, 5.74) is 0.670. The molecule has 0 bridgehead atoms. The quantitative estimate of drug-likeness (QED) is 0.907. The second-order valence-electron chi connectivity index (χ2n) is 6.26. The molecule has 5 nitrogen and oxygen atoms in total. The van der Waals surface area contributed by atoms with E-state index in [4.69, 9.17) is 4.42 Å². The summed E-state index contributed by atoms with van der Waals surface area (Å²) in [5.74, 6) is 0.259. The van der Waals surface area contributed by atoms with E-state index in [1.807, 2.05) is 6.07 Å². The molecular weight excluding hydrogens is 323 g/mol. The van der Waals surface area contributed by atoms with Crippen molar-refractivity contribution < 1.29 is 18.4 Å². The first kappa shape index (κ1) is 17.2. The topological polar surface area (TPSA) is 62.6 Å². The number of benzene rings is 1. The Labute approximate surface area is 145 Å². The fraction of sp³-hybridized carbons (Fsp3) is 0.368. The molecule has 6 heteroatoms. The molecule has 1 aromatic heterocycles. The Morgan fingerprint density at radius 1 is 1.20 bits per heavy atom. The van der Waals surface area contributed by atoms with E-state index in [0.29, 0.717) is 38.0 Å². The molecule has 0 unspecified atom stereocenters. The minimum atomic E-state index is -0.336. The predicted molar refractivity (Wildman–Crippen MR) is 90.0 cm³/mol. The smallest absolute Gasteiger partial charge is 0.226 e. The number of nitrogens with zero attached hydrogens (tertiary/aromatic N) is 1. The summed E-state index contributed by atoms with van der Waals surface area (Å²) >= 11 is 0. The molecule has 1 aliphatic heterocycles. The van der Waals surface area contributed by atoms with Crippen molar-refractivity contribution in [3.05, 3.63) is 59.8 Å². The standard InChI is InChI=1S/C19H21FN2O3/c20-16-4-1-3-14(11-16)12-18(23)22-8-6-15(7-9-22)19(24)21-13-17-5-2-10-25-17/h1-5,10-11,15H,6-9,12-13H2,(H,21,24). The molecule has 0 atom stereocenters. The van der Waals surface area contributed by atoms with E-state index in [2.05, 4.69) is 5.32 Å². The van der Waals surface area contributed by atoms with Crippen molar-refractivity contribution in [2.75, 3.05) is 13.1 Å². The van der Waals surface area contributed by atoms with Crippen molar-refractivity contribution in [1.29, 1.82) is 0 Å². The fourth-order valence-electron chi connectivity index (χ4n) is 3.06. The summed E-state index contributed by atoms with van der Waals surface area (Å²) in [5, 5.41) is 2.87. The van der Waals surface area contributed by atoms with E-state index in [0.717, 1.165) is 5.76 Å². The third-order valence-corrected chi connectivity index (χ3v) is 4.48. The van der Waals surface area contributed by atoms with Crippen LogP contribution in [-0.2, 0) is 22.6 Å². The molecule has 25 heavy (non-hydrogen) atoms. The van der Waals surface area contributed by atoms with Crippen molar-refractivity contribution in [3.8, 4) is 0 Å². The molecule has 1 saturated heterocycles. The SMILES string of the molecule is O=C(NCc1ccco1)C1CCN(C(=O)Cc2cccc(F)c2)CC1. The zero-order valence-corrected chi connectivity index (χ0v) is 13.9. The van der Waals surface area contributed by atoms with Gasteiger partial charge in [-0.05, 0) is 42.7 Å². The third-order valence-electron chi connectivity index (χ3n) is 4.48. The number of hydrogen-bond donors (Lipinski definition) is 1. The molecule has 132 valence electrons. The van der Waals surface area contributed by atoms with Gasteiger partial charge in [0.2, 0.25) is 11.8 Å². The Balaban J connectivity index is 1.44. The van der Waals surface area contributed by atoms with Crippen molar-refractivity contribution in [3.63, 3.8) is 0 Å². The maximum absolute atomic E-state index is 13.2. The number of likely N-dealkylation sites (tertiary alicyclic amines) is 1. The molecule has 2 heterocycles. The Morgan fingerprint density at radius 3 is 2.68 bits per heavy atom. The van der Waals surface area contributed by atoms with Gasteiger partial charge in [-0.1, -0.05) is 12.1 Å². The normalized spacial score (nSPS) is 15.2. The summed E-state index contributed by atoms with van der Waals surface area (Å²) < 4.78 is 18.4. The van der Waals surface area contributed by atoms with E-state index in [1.54, 1.807) is 29.4 Å². The van der Waals surface area contributed by atoms with E-state index < -0.39 is 0 Å². The van der Waals surface area contributed by atoms with Crippen molar-refractivity contribution >= 4 is 11.8 Å². The van der Waals surface area contributed by atoms with Crippen LogP contribution in [-0.4, -0.2) is 29.8 Å². The number of piperidine rings is 1. The number of furan rings is 1. The Morgan fingerprint density at radius 2 is 2.00 bits per heavy atom. The van der Waals surface area contributed by atoms with Gasteiger partial charge >= 0.3 is 0 Å². The van der Waals surface area contributed by atoms with Gasteiger partial charge < -0.3 is 14.6 Å². The van der Waals surface area contributed by atoms with Gasteiger partial charge in [0, 0.05) is 19.0 Å². The van der Waals surface area contributed by atoms with Crippen LogP contribution in [0.5, 0.6) is 0 Å². The highest BCUT2D eigenvalue weighted by Crippen LogP contribution is 2.19. The summed E-state index contributed by atoms with van der Waals surface area (Å²) in [6.07, 6.45) is 3.04. The lowest BCUT2D eigenvalue weighted by Crippen LogP contribution is -2.43. The molecular formula is C19H21FN2O3. The average Bonchev–Trinajstić information content (AvgIpc) is 3.13. The first-order valence-corrected chi connectivity index (χ1v) is 8.44. The second-order valence-corrected chi connectivity index (χ2v) is 6.26. The highest BCUT2D eigenvalue weighted by molar-refractivity contribution is 5.81. The Bertz CT molecular complexity index is 722. The third kappa shape index (κ3) is 4.68. The summed E-state index contributed by atoms with van der Waals surface area (Å²) in [7, 11) is 0. The van der Waals surface area contributed by atoms with Gasteiger partial charge in [-0.15, -0.1) is 0 Å². The van der Waals surface area contributed by atoms with E-state index >= 15 is 0 Å². The number of amides is 2. The molecule has 0 aliphatic carbocycles. The van der Waals surface area contributed by atoms with Crippen LogP contribution in [0.15, 0.2) is 47.1 Å². The zero-order valence-electron chi connectivity index (χ0n) is 13.9. The number of nitrogens with one attached hydrogen (secondary N) is 1. The highest BCUT2D eigenvalue weighted by Gasteiger charge is 2.27. The van der Waals surface area contributed by atoms with E-state index in [1.165, 1.54) is 12.1 Å². The van der Waals surface area contributed by atoms with Crippen LogP contribution in [0.3, 0.4) is 0 Å².